The third-order valence-electron chi connectivity index (χ3n) is 5.08. The summed E-state index contributed by atoms with van der Waals surface area (Å²) in [6, 6.07) is 15.1. The molecule has 0 spiro atoms. The van der Waals surface area contributed by atoms with E-state index in [1.165, 1.54) is 11.6 Å². The summed E-state index contributed by atoms with van der Waals surface area (Å²) in [5.74, 6) is 1.25. The number of hydrogen-bond donors (Lipinski definition) is 2. The molecule has 2 aromatic rings. The molecule has 0 amide bonds. The first-order valence-electron chi connectivity index (χ1n) is 9.85. The second kappa shape index (κ2) is 12.7. The van der Waals surface area contributed by atoms with Crippen molar-refractivity contribution >= 4 is 29.9 Å². The van der Waals surface area contributed by atoms with Crippen molar-refractivity contribution in [3.05, 3.63) is 65.5 Å². The van der Waals surface area contributed by atoms with Gasteiger partial charge in [-0.25, -0.2) is 4.39 Å². The van der Waals surface area contributed by atoms with Crippen LogP contribution in [0.5, 0.6) is 5.75 Å². The Bertz CT molecular complexity index is 798. The van der Waals surface area contributed by atoms with E-state index in [1.807, 2.05) is 18.2 Å². The number of nitrogens with zero attached hydrogens (tertiary/aromatic N) is 2. The van der Waals surface area contributed by atoms with Crippen molar-refractivity contribution in [1.29, 1.82) is 0 Å². The van der Waals surface area contributed by atoms with Gasteiger partial charge < -0.3 is 20.1 Å². The Morgan fingerprint density at radius 1 is 1.13 bits per heavy atom. The van der Waals surface area contributed by atoms with Crippen molar-refractivity contribution in [1.82, 2.24) is 15.5 Å². The molecule has 1 unspecified atom stereocenters. The maximum absolute atomic E-state index is 13.9. The highest BCUT2D eigenvalue weighted by Gasteiger charge is 2.23. The highest BCUT2D eigenvalue weighted by Crippen LogP contribution is 2.23. The van der Waals surface area contributed by atoms with Gasteiger partial charge in [0.25, 0.3) is 0 Å². The summed E-state index contributed by atoms with van der Waals surface area (Å²) in [4.78, 5) is 6.68. The van der Waals surface area contributed by atoms with Gasteiger partial charge in [-0.3, -0.25) is 9.89 Å². The van der Waals surface area contributed by atoms with Crippen LogP contribution >= 0.6 is 24.0 Å². The number of morpholine rings is 1. The minimum atomic E-state index is -0.222. The number of methoxy groups -OCH3 is 1. The van der Waals surface area contributed by atoms with E-state index in [2.05, 4.69) is 32.7 Å². The zero-order valence-corrected chi connectivity index (χ0v) is 19.8. The van der Waals surface area contributed by atoms with Crippen molar-refractivity contribution in [2.45, 2.75) is 12.6 Å². The molecule has 164 valence electrons. The maximum Gasteiger partial charge on any atom is 0.191 e. The second-order valence-electron chi connectivity index (χ2n) is 6.84. The fourth-order valence-electron chi connectivity index (χ4n) is 3.41. The topological polar surface area (TPSA) is 58.1 Å². The van der Waals surface area contributed by atoms with E-state index in [4.69, 9.17) is 9.47 Å². The van der Waals surface area contributed by atoms with Gasteiger partial charge in [0.05, 0.1) is 26.4 Å². The standard InChI is InChI=1S/C22H29FN4O2.HI/c1-24-22(25-15-18-5-3-4-6-20(18)23)26-16-21(27-11-13-29-14-12-27)17-7-9-19(28-2)10-8-17;/h3-10,21H,11-16H2,1-2H3,(H2,24,25,26);1H. The smallest absolute Gasteiger partial charge is 0.191 e. The summed E-state index contributed by atoms with van der Waals surface area (Å²) >= 11 is 0. The Balaban J connectivity index is 0.00000320. The van der Waals surface area contributed by atoms with E-state index < -0.39 is 0 Å². The molecule has 1 aliphatic rings. The molecule has 1 aliphatic heterocycles. The second-order valence-corrected chi connectivity index (χ2v) is 6.84. The quantitative estimate of drug-likeness (QED) is 0.329. The SMILES string of the molecule is CN=C(NCc1ccccc1F)NCC(c1ccc(OC)cc1)N1CCOCC1.I. The molecule has 0 radical (unpaired) electrons. The largest absolute Gasteiger partial charge is 0.497 e. The van der Waals surface area contributed by atoms with E-state index >= 15 is 0 Å². The first-order valence-corrected chi connectivity index (χ1v) is 9.85. The lowest BCUT2D eigenvalue weighted by Gasteiger charge is -2.35. The summed E-state index contributed by atoms with van der Waals surface area (Å²) in [6.07, 6.45) is 0. The number of nitrogens with one attached hydrogen (secondary N) is 2. The van der Waals surface area contributed by atoms with Gasteiger partial charge in [-0.1, -0.05) is 30.3 Å². The van der Waals surface area contributed by atoms with E-state index in [9.17, 15) is 4.39 Å². The molecular weight excluding hydrogens is 498 g/mol. The fraction of sp³-hybridized carbons (Fsp3) is 0.409. The van der Waals surface area contributed by atoms with Crippen molar-refractivity contribution in [2.24, 2.45) is 4.99 Å². The number of aliphatic imine (C=N–C) groups is 1. The molecule has 2 aromatic carbocycles. The average molecular weight is 528 g/mol. The third kappa shape index (κ3) is 6.82. The van der Waals surface area contributed by atoms with Crippen LogP contribution in [0.3, 0.4) is 0 Å². The zero-order chi connectivity index (χ0) is 20.5. The average Bonchev–Trinajstić information content (AvgIpc) is 2.78. The molecule has 0 aromatic heterocycles. The molecule has 1 fully saturated rings. The highest BCUT2D eigenvalue weighted by atomic mass is 127. The minimum Gasteiger partial charge on any atom is -0.497 e. The third-order valence-corrected chi connectivity index (χ3v) is 5.08. The van der Waals surface area contributed by atoms with Crippen LogP contribution in [0, 0.1) is 5.82 Å². The zero-order valence-electron chi connectivity index (χ0n) is 17.4. The molecular formula is C22H30FIN4O2. The predicted molar refractivity (Wildman–Crippen MR) is 128 cm³/mol. The molecule has 1 heterocycles. The number of rotatable bonds is 7. The summed E-state index contributed by atoms with van der Waals surface area (Å²) in [5, 5.41) is 6.58. The molecule has 0 saturated carbocycles. The summed E-state index contributed by atoms with van der Waals surface area (Å²) < 4.78 is 24.7. The van der Waals surface area contributed by atoms with Gasteiger partial charge in [-0.2, -0.15) is 0 Å². The molecule has 30 heavy (non-hydrogen) atoms. The molecule has 0 bridgehead atoms. The lowest BCUT2D eigenvalue weighted by molar-refractivity contribution is 0.0170. The Morgan fingerprint density at radius 2 is 1.83 bits per heavy atom. The number of guanidine groups is 1. The minimum absolute atomic E-state index is 0. The maximum atomic E-state index is 13.9. The van der Waals surface area contributed by atoms with Gasteiger partial charge in [0.15, 0.2) is 5.96 Å². The molecule has 2 N–H and O–H groups in total. The molecule has 8 heteroatoms. The van der Waals surface area contributed by atoms with Gasteiger partial charge in [0.1, 0.15) is 11.6 Å². The molecule has 1 saturated heterocycles. The van der Waals surface area contributed by atoms with Crippen molar-refractivity contribution < 1.29 is 13.9 Å². The summed E-state index contributed by atoms with van der Waals surface area (Å²) in [5.41, 5.74) is 1.81. The van der Waals surface area contributed by atoms with E-state index in [-0.39, 0.29) is 35.8 Å². The van der Waals surface area contributed by atoms with E-state index in [0.29, 0.717) is 24.6 Å². The highest BCUT2D eigenvalue weighted by molar-refractivity contribution is 14.0. The fourth-order valence-corrected chi connectivity index (χ4v) is 3.41. The Hall–Kier alpha value is -1.91. The van der Waals surface area contributed by atoms with Crippen LogP contribution in [0.1, 0.15) is 17.2 Å². The van der Waals surface area contributed by atoms with Gasteiger partial charge in [0, 0.05) is 38.8 Å². The first kappa shape index (κ1) is 24.4. The van der Waals surface area contributed by atoms with Gasteiger partial charge in [-0.05, 0) is 23.8 Å². The lowest BCUT2D eigenvalue weighted by Crippen LogP contribution is -2.46. The van der Waals surface area contributed by atoms with Crippen LogP contribution in [0.25, 0.3) is 0 Å². The van der Waals surface area contributed by atoms with Gasteiger partial charge in [-0.15, -0.1) is 24.0 Å². The monoisotopic (exact) mass is 528 g/mol. The van der Waals surface area contributed by atoms with Gasteiger partial charge >= 0.3 is 0 Å². The van der Waals surface area contributed by atoms with Crippen LogP contribution in [0.4, 0.5) is 4.39 Å². The van der Waals surface area contributed by atoms with E-state index in [0.717, 1.165) is 32.1 Å². The molecule has 3 rings (SSSR count). The van der Waals surface area contributed by atoms with Crippen molar-refractivity contribution in [3.8, 4) is 5.75 Å². The van der Waals surface area contributed by atoms with Crippen LogP contribution < -0.4 is 15.4 Å². The Morgan fingerprint density at radius 3 is 2.47 bits per heavy atom. The van der Waals surface area contributed by atoms with Crippen LogP contribution in [0.2, 0.25) is 0 Å². The summed E-state index contributed by atoms with van der Waals surface area (Å²) in [7, 11) is 3.38. The Kier molecular flexibility index (Phi) is 10.3. The predicted octanol–water partition coefficient (Wildman–Crippen LogP) is 3.19. The summed E-state index contributed by atoms with van der Waals surface area (Å²) in [6.45, 7) is 4.25. The van der Waals surface area contributed by atoms with Crippen LogP contribution in [0.15, 0.2) is 53.5 Å². The molecule has 1 atom stereocenters. The normalized spacial score (nSPS) is 15.8. The van der Waals surface area contributed by atoms with E-state index in [1.54, 1.807) is 26.3 Å². The Labute approximate surface area is 194 Å². The van der Waals surface area contributed by atoms with Gasteiger partial charge in [0.2, 0.25) is 0 Å². The first-order chi connectivity index (χ1) is 14.2. The lowest BCUT2D eigenvalue weighted by atomic mass is 10.0. The number of ether oxygens (including phenoxy) is 2. The number of benzene rings is 2. The van der Waals surface area contributed by atoms with Crippen LogP contribution in [-0.2, 0) is 11.3 Å². The molecule has 6 nitrogen and oxygen atoms in total. The van der Waals surface area contributed by atoms with Crippen molar-refractivity contribution in [2.75, 3.05) is 47.0 Å². The number of halogens is 2. The van der Waals surface area contributed by atoms with Crippen LogP contribution in [-0.4, -0.2) is 57.9 Å². The molecule has 0 aliphatic carbocycles. The number of hydrogen-bond acceptors (Lipinski definition) is 4. The van der Waals surface area contributed by atoms with Crippen molar-refractivity contribution in [3.63, 3.8) is 0 Å².